The summed E-state index contributed by atoms with van der Waals surface area (Å²) in [6.07, 6.45) is 0. The van der Waals surface area contributed by atoms with Crippen molar-refractivity contribution in [3.8, 4) is 17.2 Å². The molecule has 0 bridgehead atoms. The summed E-state index contributed by atoms with van der Waals surface area (Å²) in [4.78, 5) is 13.7. The van der Waals surface area contributed by atoms with Crippen LogP contribution in [0.5, 0.6) is 11.5 Å². The summed E-state index contributed by atoms with van der Waals surface area (Å²) >= 11 is 0. The van der Waals surface area contributed by atoms with Crippen molar-refractivity contribution < 1.29 is 19.0 Å². The van der Waals surface area contributed by atoms with Crippen molar-refractivity contribution in [3.63, 3.8) is 0 Å². The largest absolute Gasteiger partial charge is 0.497 e. The van der Waals surface area contributed by atoms with Crippen molar-refractivity contribution in [2.45, 2.75) is 12.6 Å². The van der Waals surface area contributed by atoms with Gasteiger partial charge in [-0.1, -0.05) is 0 Å². The number of ether oxygens (including phenoxy) is 3. The SMILES string of the molecule is COCC(N)C(=O)N(C)Cc1nnnn1-c1cc(OC)cc(OC)c1. The molecule has 1 atom stereocenters. The molecule has 25 heavy (non-hydrogen) atoms. The third-order valence-electron chi connectivity index (χ3n) is 3.53. The van der Waals surface area contributed by atoms with E-state index in [1.165, 1.54) is 16.7 Å². The van der Waals surface area contributed by atoms with Crippen molar-refractivity contribution in [1.29, 1.82) is 0 Å². The number of aromatic nitrogens is 4. The lowest BCUT2D eigenvalue weighted by Gasteiger charge is -2.20. The smallest absolute Gasteiger partial charge is 0.242 e. The fourth-order valence-electron chi connectivity index (χ4n) is 2.24. The summed E-state index contributed by atoms with van der Waals surface area (Å²) in [6, 6.07) is 4.53. The van der Waals surface area contributed by atoms with Gasteiger partial charge in [-0.15, -0.1) is 5.10 Å². The molecule has 2 N–H and O–H groups in total. The molecule has 0 radical (unpaired) electrons. The first-order valence-corrected chi connectivity index (χ1v) is 7.50. The van der Waals surface area contributed by atoms with Crippen LogP contribution in [-0.2, 0) is 16.1 Å². The molecule has 1 aromatic heterocycles. The lowest BCUT2D eigenvalue weighted by Crippen LogP contribution is -2.44. The highest BCUT2D eigenvalue weighted by molar-refractivity contribution is 5.81. The number of carbonyl (C=O) groups excluding carboxylic acids is 1. The zero-order valence-electron chi connectivity index (χ0n) is 14.7. The first kappa shape index (κ1) is 18.6. The minimum absolute atomic E-state index is 0.140. The zero-order chi connectivity index (χ0) is 18.4. The Bertz CT molecular complexity index is 698. The predicted molar refractivity (Wildman–Crippen MR) is 88.6 cm³/mol. The second-order valence-corrected chi connectivity index (χ2v) is 5.33. The average molecular weight is 350 g/mol. The lowest BCUT2D eigenvalue weighted by atomic mass is 10.2. The Balaban J connectivity index is 2.24. The number of hydrogen-bond donors (Lipinski definition) is 1. The van der Waals surface area contributed by atoms with Crippen LogP contribution < -0.4 is 15.2 Å². The maximum absolute atomic E-state index is 12.2. The molecule has 1 aromatic carbocycles. The van der Waals surface area contributed by atoms with Gasteiger partial charge in [0.05, 0.1) is 33.1 Å². The molecule has 10 nitrogen and oxygen atoms in total. The van der Waals surface area contributed by atoms with Gasteiger partial charge in [-0.05, 0) is 10.4 Å². The number of hydrogen-bond acceptors (Lipinski definition) is 8. The van der Waals surface area contributed by atoms with Gasteiger partial charge in [-0.3, -0.25) is 4.79 Å². The number of carbonyl (C=O) groups is 1. The topological polar surface area (TPSA) is 118 Å². The highest BCUT2D eigenvalue weighted by Gasteiger charge is 2.21. The van der Waals surface area contributed by atoms with Crippen LogP contribution in [0.3, 0.4) is 0 Å². The minimum atomic E-state index is -0.740. The Morgan fingerprint density at radius 3 is 2.44 bits per heavy atom. The zero-order valence-corrected chi connectivity index (χ0v) is 14.7. The quantitative estimate of drug-likeness (QED) is 0.684. The maximum atomic E-state index is 12.2. The summed E-state index contributed by atoms with van der Waals surface area (Å²) < 4.78 is 16.9. The molecule has 1 heterocycles. The summed E-state index contributed by atoms with van der Waals surface area (Å²) in [7, 11) is 6.23. The number of methoxy groups -OCH3 is 3. The molecule has 0 spiro atoms. The van der Waals surface area contributed by atoms with E-state index in [0.717, 1.165) is 0 Å². The molecule has 1 unspecified atom stereocenters. The van der Waals surface area contributed by atoms with Crippen LogP contribution in [0.4, 0.5) is 0 Å². The van der Waals surface area contributed by atoms with Gasteiger partial charge >= 0.3 is 0 Å². The molecule has 10 heteroatoms. The summed E-state index contributed by atoms with van der Waals surface area (Å²) in [5, 5.41) is 11.7. The molecule has 1 amide bonds. The highest BCUT2D eigenvalue weighted by atomic mass is 16.5. The molecule has 2 aromatic rings. The van der Waals surface area contributed by atoms with E-state index >= 15 is 0 Å². The van der Waals surface area contributed by atoms with Crippen molar-refractivity contribution in [3.05, 3.63) is 24.0 Å². The molecule has 136 valence electrons. The van der Waals surface area contributed by atoms with Crippen LogP contribution in [0.2, 0.25) is 0 Å². The Kier molecular flexibility index (Phi) is 6.25. The van der Waals surface area contributed by atoms with Gasteiger partial charge in [0.25, 0.3) is 0 Å². The number of rotatable bonds is 8. The van der Waals surface area contributed by atoms with Crippen molar-refractivity contribution >= 4 is 5.91 Å². The predicted octanol–water partition coefficient (Wildman–Crippen LogP) is -0.388. The summed E-state index contributed by atoms with van der Waals surface area (Å²) in [6.45, 7) is 0.323. The molecule has 0 saturated heterocycles. The van der Waals surface area contributed by atoms with Crippen LogP contribution in [0.25, 0.3) is 5.69 Å². The second-order valence-electron chi connectivity index (χ2n) is 5.33. The van der Waals surface area contributed by atoms with Crippen LogP contribution >= 0.6 is 0 Å². The first-order valence-electron chi connectivity index (χ1n) is 7.50. The molecule has 0 aliphatic heterocycles. The molecule has 0 saturated carbocycles. The third-order valence-corrected chi connectivity index (χ3v) is 3.53. The summed E-state index contributed by atoms with van der Waals surface area (Å²) in [5.74, 6) is 1.40. The van der Waals surface area contributed by atoms with E-state index in [4.69, 9.17) is 19.9 Å². The van der Waals surface area contributed by atoms with Crippen LogP contribution in [-0.4, -0.2) is 72.0 Å². The molecular weight excluding hydrogens is 328 g/mol. The second kappa shape index (κ2) is 8.40. The highest BCUT2D eigenvalue weighted by Crippen LogP contribution is 2.25. The Morgan fingerprint density at radius 2 is 1.88 bits per heavy atom. The van der Waals surface area contributed by atoms with E-state index in [2.05, 4.69) is 15.5 Å². The van der Waals surface area contributed by atoms with Gasteiger partial charge in [-0.2, -0.15) is 4.68 Å². The van der Waals surface area contributed by atoms with E-state index in [9.17, 15) is 4.79 Å². The van der Waals surface area contributed by atoms with Gasteiger partial charge in [0.15, 0.2) is 5.82 Å². The van der Waals surface area contributed by atoms with Crippen molar-refractivity contribution in [1.82, 2.24) is 25.1 Å². The third kappa shape index (κ3) is 4.43. The molecular formula is C15H22N6O4. The fourth-order valence-corrected chi connectivity index (χ4v) is 2.24. The number of nitrogens with two attached hydrogens (primary N) is 1. The molecule has 0 aliphatic rings. The fraction of sp³-hybridized carbons (Fsp3) is 0.467. The van der Waals surface area contributed by atoms with Gasteiger partial charge in [-0.25, -0.2) is 0 Å². The number of likely N-dealkylation sites (N-methyl/N-ethyl adjacent to an activating group) is 1. The maximum Gasteiger partial charge on any atom is 0.242 e. The number of nitrogens with zero attached hydrogens (tertiary/aromatic N) is 5. The average Bonchev–Trinajstić information content (AvgIpc) is 3.08. The number of tetrazole rings is 1. The van der Waals surface area contributed by atoms with Gasteiger partial charge in [0, 0.05) is 32.4 Å². The van der Waals surface area contributed by atoms with Gasteiger partial charge < -0.3 is 24.8 Å². The Morgan fingerprint density at radius 1 is 1.24 bits per heavy atom. The van der Waals surface area contributed by atoms with E-state index in [1.54, 1.807) is 39.5 Å². The molecule has 0 aliphatic carbocycles. The van der Waals surface area contributed by atoms with E-state index in [-0.39, 0.29) is 19.1 Å². The normalized spacial score (nSPS) is 11.9. The van der Waals surface area contributed by atoms with E-state index < -0.39 is 6.04 Å². The number of benzene rings is 1. The van der Waals surface area contributed by atoms with Crippen LogP contribution in [0.15, 0.2) is 18.2 Å². The summed E-state index contributed by atoms with van der Waals surface area (Å²) in [5.41, 5.74) is 6.43. The Hall–Kier alpha value is -2.72. The molecule has 0 fully saturated rings. The van der Waals surface area contributed by atoms with E-state index in [0.29, 0.717) is 23.0 Å². The van der Waals surface area contributed by atoms with E-state index in [1.807, 2.05) is 0 Å². The lowest BCUT2D eigenvalue weighted by molar-refractivity contribution is -0.133. The Labute approximate surface area is 145 Å². The minimum Gasteiger partial charge on any atom is -0.497 e. The van der Waals surface area contributed by atoms with Crippen LogP contribution in [0.1, 0.15) is 5.82 Å². The number of amides is 1. The van der Waals surface area contributed by atoms with Crippen molar-refractivity contribution in [2.24, 2.45) is 5.73 Å². The van der Waals surface area contributed by atoms with Gasteiger partial charge in [0.1, 0.15) is 17.5 Å². The standard InChI is InChI=1S/C15H22N6O4/c1-20(15(22)13(16)9-23-2)8-14-17-18-19-21(14)10-5-11(24-3)7-12(6-10)25-4/h5-7,13H,8-9,16H2,1-4H3. The first-order chi connectivity index (χ1) is 12.0. The van der Waals surface area contributed by atoms with Crippen molar-refractivity contribution in [2.75, 3.05) is 35.0 Å². The van der Waals surface area contributed by atoms with Crippen LogP contribution in [0, 0.1) is 0 Å². The van der Waals surface area contributed by atoms with Gasteiger partial charge in [0.2, 0.25) is 5.91 Å². The molecule has 2 rings (SSSR count). The monoisotopic (exact) mass is 350 g/mol.